The van der Waals surface area contributed by atoms with Crippen LogP contribution in [0.1, 0.15) is 57.8 Å². The van der Waals surface area contributed by atoms with Crippen molar-refractivity contribution < 1.29 is 0 Å². The summed E-state index contributed by atoms with van der Waals surface area (Å²) in [6.07, 6.45) is 13.4. The van der Waals surface area contributed by atoms with E-state index in [1.54, 1.807) is 0 Å². The molecule has 2 fully saturated rings. The van der Waals surface area contributed by atoms with E-state index in [0.29, 0.717) is 0 Å². The molecule has 0 spiro atoms. The summed E-state index contributed by atoms with van der Waals surface area (Å²) in [7, 11) is 0. The molecule has 0 N–H and O–H groups in total. The average Bonchev–Trinajstić information content (AvgIpc) is 2.34. The first-order chi connectivity index (χ1) is 6.95. The van der Waals surface area contributed by atoms with Crippen LogP contribution in [-0.4, -0.2) is 24.5 Å². The Hall–Kier alpha value is -0.0400. The van der Waals surface area contributed by atoms with Crippen molar-refractivity contribution in [2.75, 3.05) is 19.6 Å². The molecule has 0 aromatic rings. The molecule has 14 heavy (non-hydrogen) atoms. The molecule has 2 bridgehead atoms. The van der Waals surface area contributed by atoms with Gasteiger partial charge >= 0.3 is 0 Å². The maximum atomic E-state index is 2.73. The SMILES string of the molecule is C1CCC2CCCCCN(CC1)CC2. The molecular weight excluding hydrogens is 170 g/mol. The van der Waals surface area contributed by atoms with Crippen molar-refractivity contribution in [1.82, 2.24) is 4.90 Å². The average molecular weight is 195 g/mol. The van der Waals surface area contributed by atoms with Gasteiger partial charge in [0.1, 0.15) is 0 Å². The number of hydrogen-bond acceptors (Lipinski definition) is 1. The molecule has 0 atom stereocenters. The molecule has 2 aliphatic rings. The second-order valence-electron chi connectivity index (χ2n) is 5.20. The van der Waals surface area contributed by atoms with Gasteiger partial charge in [-0.1, -0.05) is 38.5 Å². The van der Waals surface area contributed by atoms with Crippen LogP contribution in [0.2, 0.25) is 0 Å². The van der Waals surface area contributed by atoms with E-state index in [9.17, 15) is 0 Å². The van der Waals surface area contributed by atoms with E-state index in [1.165, 1.54) is 77.4 Å². The third-order valence-corrected chi connectivity index (χ3v) is 4.03. The van der Waals surface area contributed by atoms with Crippen LogP contribution in [-0.2, 0) is 0 Å². The lowest BCUT2D eigenvalue weighted by molar-refractivity contribution is 0.258. The van der Waals surface area contributed by atoms with Crippen molar-refractivity contribution in [3.63, 3.8) is 0 Å². The van der Waals surface area contributed by atoms with E-state index < -0.39 is 0 Å². The summed E-state index contributed by atoms with van der Waals surface area (Å²) in [6.45, 7) is 4.16. The molecule has 0 radical (unpaired) electrons. The van der Waals surface area contributed by atoms with Gasteiger partial charge in [0.2, 0.25) is 0 Å². The Balaban J connectivity index is 1.92. The Morgan fingerprint density at radius 1 is 0.571 bits per heavy atom. The molecule has 82 valence electrons. The summed E-state index contributed by atoms with van der Waals surface area (Å²) in [5.74, 6) is 1.06. The Morgan fingerprint density at radius 2 is 1.21 bits per heavy atom. The zero-order valence-corrected chi connectivity index (χ0v) is 9.51. The number of fused-ring (bicyclic) bond motifs is 3. The second-order valence-corrected chi connectivity index (χ2v) is 5.20. The first-order valence-corrected chi connectivity index (χ1v) is 6.67. The van der Waals surface area contributed by atoms with Crippen LogP contribution in [0.3, 0.4) is 0 Å². The third-order valence-electron chi connectivity index (χ3n) is 4.03. The number of hydrogen-bond donors (Lipinski definition) is 0. The van der Waals surface area contributed by atoms with Crippen LogP contribution in [0.25, 0.3) is 0 Å². The van der Waals surface area contributed by atoms with Gasteiger partial charge in [0.25, 0.3) is 0 Å². The summed E-state index contributed by atoms with van der Waals surface area (Å²) >= 11 is 0. The van der Waals surface area contributed by atoms with Crippen LogP contribution in [0.5, 0.6) is 0 Å². The lowest BCUT2D eigenvalue weighted by Crippen LogP contribution is -2.27. The zero-order valence-electron chi connectivity index (χ0n) is 9.51. The molecule has 1 nitrogen and oxygen atoms in total. The highest BCUT2D eigenvalue weighted by molar-refractivity contribution is 4.70. The van der Waals surface area contributed by atoms with E-state index >= 15 is 0 Å². The summed E-state index contributed by atoms with van der Waals surface area (Å²) < 4.78 is 0. The highest BCUT2D eigenvalue weighted by Gasteiger charge is 2.15. The topological polar surface area (TPSA) is 3.24 Å². The van der Waals surface area contributed by atoms with Crippen LogP contribution < -0.4 is 0 Å². The Bertz CT molecular complexity index is 125. The largest absolute Gasteiger partial charge is 0.303 e. The van der Waals surface area contributed by atoms with E-state index in [2.05, 4.69) is 4.90 Å². The fourth-order valence-corrected chi connectivity index (χ4v) is 3.02. The zero-order chi connectivity index (χ0) is 9.64. The normalized spacial score (nSPS) is 36.0. The smallest absolute Gasteiger partial charge is 0.00161 e. The maximum absolute atomic E-state index is 2.73. The molecule has 2 saturated heterocycles. The first-order valence-electron chi connectivity index (χ1n) is 6.67. The lowest BCUT2D eigenvalue weighted by atomic mass is 9.93. The van der Waals surface area contributed by atoms with Crippen molar-refractivity contribution in [2.45, 2.75) is 57.8 Å². The fraction of sp³-hybridized carbons (Fsp3) is 1.00. The van der Waals surface area contributed by atoms with Gasteiger partial charge in [0.05, 0.1) is 0 Å². The van der Waals surface area contributed by atoms with Crippen LogP contribution in [0, 0.1) is 5.92 Å². The number of rotatable bonds is 0. The summed E-state index contributed by atoms with van der Waals surface area (Å²) in [5.41, 5.74) is 0. The number of nitrogens with zero attached hydrogens (tertiary/aromatic N) is 1. The van der Waals surface area contributed by atoms with E-state index in [-0.39, 0.29) is 0 Å². The molecule has 0 saturated carbocycles. The molecule has 0 aromatic carbocycles. The minimum absolute atomic E-state index is 1.06. The summed E-state index contributed by atoms with van der Waals surface area (Å²) in [5, 5.41) is 0. The molecule has 0 aromatic heterocycles. The van der Waals surface area contributed by atoms with Gasteiger partial charge < -0.3 is 4.90 Å². The van der Waals surface area contributed by atoms with Crippen molar-refractivity contribution in [3.05, 3.63) is 0 Å². The maximum Gasteiger partial charge on any atom is -0.00161 e. The highest BCUT2D eigenvalue weighted by atomic mass is 15.1. The molecule has 2 rings (SSSR count). The minimum atomic E-state index is 1.06. The van der Waals surface area contributed by atoms with Crippen molar-refractivity contribution in [2.24, 2.45) is 5.92 Å². The van der Waals surface area contributed by atoms with Gasteiger partial charge in [-0.05, 0) is 44.8 Å². The van der Waals surface area contributed by atoms with Gasteiger partial charge in [-0.15, -0.1) is 0 Å². The van der Waals surface area contributed by atoms with Gasteiger partial charge in [-0.2, -0.15) is 0 Å². The fourth-order valence-electron chi connectivity index (χ4n) is 3.02. The van der Waals surface area contributed by atoms with Crippen molar-refractivity contribution in [3.8, 4) is 0 Å². The van der Waals surface area contributed by atoms with Crippen LogP contribution in [0.15, 0.2) is 0 Å². The minimum Gasteiger partial charge on any atom is -0.303 e. The van der Waals surface area contributed by atoms with Crippen molar-refractivity contribution >= 4 is 0 Å². The predicted octanol–water partition coefficient (Wildman–Crippen LogP) is 3.44. The predicted molar refractivity (Wildman–Crippen MR) is 61.5 cm³/mol. The first kappa shape index (κ1) is 10.5. The van der Waals surface area contributed by atoms with Gasteiger partial charge in [-0.3, -0.25) is 0 Å². The van der Waals surface area contributed by atoms with Crippen molar-refractivity contribution in [1.29, 1.82) is 0 Å². The quantitative estimate of drug-likeness (QED) is 0.572. The Kier molecular flexibility index (Phi) is 4.30. The summed E-state index contributed by atoms with van der Waals surface area (Å²) in [6, 6.07) is 0. The third kappa shape index (κ3) is 3.27. The molecule has 0 unspecified atom stereocenters. The van der Waals surface area contributed by atoms with Gasteiger partial charge in [0, 0.05) is 0 Å². The molecule has 2 aliphatic heterocycles. The van der Waals surface area contributed by atoms with Crippen LogP contribution >= 0.6 is 0 Å². The lowest BCUT2D eigenvalue weighted by Gasteiger charge is -2.21. The van der Waals surface area contributed by atoms with Crippen LogP contribution in [0.4, 0.5) is 0 Å². The highest BCUT2D eigenvalue weighted by Crippen LogP contribution is 2.24. The second kappa shape index (κ2) is 5.75. The monoisotopic (exact) mass is 195 g/mol. The molecule has 2 heterocycles. The standard InChI is InChI=1S/C13H25N/c1-3-7-13-8-4-2-6-11-14(10-5-1)12-9-13/h13H,1-12H2. The molecular formula is C13H25N. The van der Waals surface area contributed by atoms with E-state index in [1.807, 2.05) is 0 Å². The Morgan fingerprint density at radius 3 is 1.86 bits per heavy atom. The molecule has 0 aliphatic carbocycles. The summed E-state index contributed by atoms with van der Waals surface area (Å²) in [4.78, 5) is 2.73. The van der Waals surface area contributed by atoms with Gasteiger partial charge in [-0.25, -0.2) is 0 Å². The molecule has 1 heteroatoms. The van der Waals surface area contributed by atoms with E-state index in [0.717, 1.165) is 5.92 Å². The molecule has 0 amide bonds. The van der Waals surface area contributed by atoms with Gasteiger partial charge in [0.15, 0.2) is 0 Å². The van der Waals surface area contributed by atoms with E-state index in [4.69, 9.17) is 0 Å². The Labute approximate surface area is 88.9 Å².